The van der Waals surface area contributed by atoms with Crippen molar-refractivity contribution < 1.29 is 23.5 Å². The minimum atomic E-state index is -0.493. The Morgan fingerprint density at radius 2 is 1.81 bits per heavy atom. The predicted octanol–water partition coefficient (Wildman–Crippen LogP) is 8.11. The third kappa shape index (κ3) is 6.06. The molecule has 0 radical (unpaired) electrons. The van der Waals surface area contributed by atoms with E-state index < -0.39 is 17.0 Å². The summed E-state index contributed by atoms with van der Waals surface area (Å²) in [5.41, 5.74) is 1.94. The van der Waals surface area contributed by atoms with Crippen LogP contribution >= 0.6 is 50.9 Å². The fourth-order valence-electron chi connectivity index (χ4n) is 3.45. The van der Waals surface area contributed by atoms with Crippen LogP contribution in [-0.4, -0.2) is 22.7 Å². The van der Waals surface area contributed by atoms with Gasteiger partial charge in [0.15, 0.2) is 11.5 Å². The molecule has 186 valence electrons. The highest BCUT2D eigenvalue weighted by atomic mass is 79.9. The van der Waals surface area contributed by atoms with Gasteiger partial charge in [-0.3, -0.25) is 14.5 Å². The molecule has 10 heteroatoms. The lowest BCUT2D eigenvalue weighted by Crippen LogP contribution is -2.27. The quantitative estimate of drug-likeness (QED) is 0.241. The average molecular weight is 611 g/mol. The number of benzene rings is 3. The predicted molar refractivity (Wildman–Crippen MR) is 144 cm³/mol. The monoisotopic (exact) mass is 609 g/mol. The number of hydrogen-bond donors (Lipinski definition) is 0. The minimum absolute atomic E-state index is 0.0518. The molecule has 5 nitrogen and oxygen atoms in total. The molecule has 0 saturated carbocycles. The first-order valence-corrected chi connectivity index (χ1v) is 13.1. The Hall–Kier alpha value is -2.52. The summed E-state index contributed by atoms with van der Waals surface area (Å²) in [6, 6.07) is 14.7. The summed E-state index contributed by atoms with van der Waals surface area (Å²) in [4.78, 5) is 26.9. The Balaban J connectivity index is 1.56. The second-order valence-corrected chi connectivity index (χ2v) is 10.3. The average Bonchev–Trinajstić information content (AvgIpc) is 3.08. The van der Waals surface area contributed by atoms with Crippen molar-refractivity contribution in [3.63, 3.8) is 0 Å². The van der Waals surface area contributed by atoms with Crippen LogP contribution < -0.4 is 9.47 Å². The number of imide groups is 1. The van der Waals surface area contributed by atoms with Crippen LogP contribution in [0, 0.1) is 5.82 Å². The Labute approximate surface area is 230 Å². The normalized spacial score (nSPS) is 14.6. The number of ether oxygens (including phenoxy) is 2. The SMILES string of the molecule is CCOc1cc(/C=C2/SC(=O)N(Cc3ccc(F)cc3Cl)C2=O)cc(Br)c1OCc1ccccc1Cl. The van der Waals surface area contributed by atoms with Crippen LogP contribution in [0.5, 0.6) is 11.5 Å². The molecule has 2 amide bonds. The number of halogens is 4. The lowest BCUT2D eigenvalue weighted by Gasteiger charge is -2.15. The minimum Gasteiger partial charge on any atom is -0.490 e. The van der Waals surface area contributed by atoms with Crippen LogP contribution in [0.4, 0.5) is 9.18 Å². The fraction of sp³-hybridized carbons (Fsp3) is 0.154. The molecule has 0 atom stereocenters. The lowest BCUT2D eigenvalue weighted by molar-refractivity contribution is -0.123. The first kappa shape index (κ1) is 26.5. The van der Waals surface area contributed by atoms with Crippen molar-refractivity contribution in [3.05, 3.63) is 96.5 Å². The topological polar surface area (TPSA) is 55.8 Å². The van der Waals surface area contributed by atoms with Gasteiger partial charge in [-0.25, -0.2) is 4.39 Å². The summed E-state index contributed by atoms with van der Waals surface area (Å²) in [5.74, 6) is 0.0155. The maximum atomic E-state index is 13.3. The molecule has 0 aliphatic carbocycles. The molecule has 3 aromatic carbocycles. The molecule has 4 rings (SSSR count). The highest BCUT2D eigenvalue weighted by Crippen LogP contribution is 2.40. The van der Waals surface area contributed by atoms with E-state index in [1.54, 1.807) is 24.3 Å². The summed E-state index contributed by atoms with van der Waals surface area (Å²) < 4.78 is 25.7. The van der Waals surface area contributed by atoms with Crippen molar-refractivity contribution in [2.75, 3.05) is 6.61 Å². The van der Waals surface area contributed by atoms with Crippen molar-refractivity contribution in [3.8, 4) is 11.5 Å². The van der Waals surface area contributed by atoms with Crippen molar-refractivity contribution in [1.82, 2.24) is 4.90 Å². The molecular weight excluding hydrogens is 592 g/mol. The second kappa shape index (κ2) is 11.7. The highest BCUT2D eigenvalue weighted by molar-refractivity contribution is 9.10. The molecule has 36 heavy (non-hydrogen) atoms. The maximum absolute atomic E-state index is 13.3. The smallest absolute Gasteiger partial charge is 0.293 e. The first-order valence-electron chi connectivity index (χ1n) is 10.8. The summed E-state index contributed by atoms with van der Waals surface area (Å²) in [5, 5.41) is 0.312. The van der Waals surface area contributed by atoms with E-state index in [9.17, 15) is 14.0 Å². The Morgan fingerprint density at radius 3 is 2.53 bits per heavy atom. The zero-order chi connectivity index (χ0) is 25.8. The van der Waals surface area contributed by atoms with Crippen LogP contribution in [-0.2, 0) is 17.9 Å². The zero-order valence-corrected chi connectivity index (χ0v) is 22.8. The molecule has 1 saturated heterocycles. The van der Waals surface area contributed by atoms with E-state index in [-0.39, 0.29) is 23.1 Å². The molecule has 0 N–H and O–H groups in total. The van der Waals surface area contributed by atoms with E-state index in [1.807, 2.05) is 25.1 Å². The van der Waals surface area contributed by atoms with Crippen molar-refractivity contribution in [1.29, 1.82) is 0 Å². The largest absolute Gasteiger partial charge is 0.490 e. The molecule has 0 spiro atoms. The van der Waals surface area contributed by atoms with Gasteiger partial charge in [-0.05, 0) is 82.2 Å². The van der Waals surface area contributed by atoms with E-state index in [0.717, 1.165) is 28.3 Å². The zero-order valence-electron chi connectivity index (χ0n) is 18.9. The standard InChI is InChI=1S/C26H19BrCl2FNO4S/c1-2-34-22-10-15(9-19(27)24(22)35-14-17-5-3-4-6-20(17)28)11-23-25(32)31(26(33)36-23)13-16-7-8-18(30)12-21(16)29/h3-12H,2,13-14H2,1H3/b23-11+. The number of carbonyl (C=O) groups is 2. The van der Waals surface area contributed by atoms with Crippen LogP contribution in [0.25, 0.3) is 6.08 Å². The summed E-state index contributed by atoms with van der Waals surface area (Å²) >= 11 is 16.7. The number of thioether (sulfide) groups is 1. The molecule has 1 aliphatic rings. The van der Waals surface area contributed by atoms with Crippen molar-refractivity contribution >= 4 is 68.1 Å². The van der Waals surface area contributed by atoms with Gasteiger partial charge in [0.2, 0.25) is 0 Å². The molecule has 1 fully saturated rings. The van der Waals surface area contributed by atoms with Gasteiger partial charge in [-0.1, -0.05) is 47.5 Å². The molecule has 1 heterocycles. The molecule has 0 aromatic heterocycles. The van der Waals surface area contributed by atoms with Gasteiger partial charge in [-0.2, -0.15) is 0 Å². The van der Waals surface area contributed by atoms with Gasteiger partial charge in [0.05, 0.1) is 22.5 Å². The number of amides is 2. The Morgan fingerprint density at radius 1 is 1.03 bits per heavy atom. The number of rotatable bonds is 8. The van der Waals surface area contributed by atoms with E-state index in [0.29, 0.717) is 38.7 Å². The summed E-state index contributed by atoms with van der Waals surface area (Å²) in [7, 11) is 0. The van der Waals surface area contributed by atoms with Crippen LogP contribution in [0.3, 0.4) is 0 Å². The number of carbonyl (C=O) groups excluding carboxylic acids is 2. The van der Waals surface area contributed by atoms with Crippen molar-refractivity contribution in [2.45, 2.75) is 20.1 Å². The van der Waals surface area contributed by atoms with Gasteiger partial charge in [-0.15, -0.1) is 0 Å². The summed E-state index contributed by atoms with van der Waals surface area (Å²) in [6.45, 7) is 2.43. The van der Waals surface area contributed by atoms with Crippen LogP contribution in [0.1, 0.15) is 23.6 Å². The van der Waals surface area contributed by atoms with Crippen molar-refractivity contribution in [2.24, 2.45) is 0 Å². The lowest BCUT2D eigenvalue weighted by atomic mass is 10.1. The Bertz CT molecular complexity index is 1370. The van der Waals surface area contributed by atoms with Gasteiger partial charge in [0, 0.05) is 15.6 Å². The molecule has 0 unspecified atom stereocenters. The highest BCUT2D eigenvalue weighted by Gasteiger charge is 2.35. The van der Waals surface area contributed by atoms with Gasteiger partial charge >= 0.3 is 0 Å². The second-order valence-electron chi connectivity index (χ2n) is 7.65. The summed E-state index contributed by atoms with van der Waals surface area (Å²) in [6.07, 6.45) is 1.61. The molecule has 3 aromatic rings. The molecule has 0 bridgehead atoms. The fourth-order valence-corrected chi connectivity index (χ4v) is 5.28. The van der Waals surface area contributed by atoms with Gasteiger partial charge < -0.3 is 9.47 Å². The van der Waals surface area contributed by atoms with E-state index in [1.165, 1.54) is 12.1 Å². The molecular formula is C26H19BrCl2FNO4S. The van der Waals surface area contributed by atoms with E-state index >= 15 is 0 Å². The third-order valence-electron chi connectivity index (χ3n) is 5.18. The van der Waals surface area contributed by atoms with Gasteiger partial charge in [0.25, 0.3) is 11.1 Å². The van der Waals surface area contributed by atoms with Crippen LogP contribution in [0.2, 0.25) is 10.0 Å². The number of nitrogens with zero attached hydrogens (tertiary/aromatic N) is 1. The van der Waals surface area contributed by atoms with Gasteiger partial charge in [0.1, 0.15) is 12.4 Å². The number of hydrogen-bond acceptors (Lipinski definition) is 5. The first-order chi connectivity index (χ1) is 17.3. The Kier molecular flexibility index (Phi) is 8.62. The maximum Gasteiger partial charge on any atom is 0.293 e. The third-order valence-corrected chi connectivity index (χ3v) is 7.39. The van der Waals surface area contributed by atoms with Crippen LogP contribution in [0.15, 0.2) is 64.0 Å². The van der Waals surface area contributed by atoms with E-state index in [2.05, 4.69) is 15.9 Å². The van der Waals surface area contributed by atoms with E-state index in [4.69, 9.17) is 32.7 Å². The molecule has 1 aliphatic heterocycles.